The Balaban J connectivity index is 4.14. The van der Waals surface area contributed by atoms with Gasteiger partial charge < -0.3 is 15.2 Å². The standard InChI is InChI=1S/C38H75NO4/c1-3-5-7-9-11-13-14-15-16-17-18-20-24-28-32-36(33-29-25-21-19-22-26-30-34-39)37(40)43-38(41)42-35-31-27-23-12-10-8-6-4-2/h36H,3-35,39H2,1-2H3. The van der Waals surface area contributed by atoms with Crippen LogP contribution in [0.1, 0.15) is 213 Å². The molecule has 0 saturated carbocycles. The number of hydrogen-bond donors (Lipinski definition) is 1. The summed E-state index contributed by atoms with van der Waals surface area (Å²) < 4.78 is 10.4. The Morgan fingerprint density at radius 1 is 0.465 bits per heavy atom. The van der Waals surface area contributed by atoms with Crippen molar-refractivity contribution >= 4 is 12.1 Å². The molecule has 0 rings (SSSR count). The van der Waals surface area contributed by atoms with Gasteiger partial charge in [-0.25, -0.2) is 4.79 Å². The molecule has 0 aliphatic rings. The summed E-state index contributed by atoms with van der Waals surface area (Å²) in [7, 11) is 0. The Morgan fingerprint density at radius 2 is 0.791 bits per heavy atom. The average molecular weight is 610 g/mol. The first-order chi connectivity index (χ1) is 21.2. The highest BCUT2D eigenvalue weighted by Crippen LogP contribution is 2.22. The summed E-state index contributed by atoms with van der Waals surface area (Å²) in [5.74, 6) is -0.566. The van der Waals surface area contributed by atoms with Gasteiger partial charge in [0, 0.05) is 0 Å². The minimum atomic E-state index is -0.807. The highest BCUT2D eigenvalue weighted by Gasteiger charge is 2.23. The van der Waals surface area contributed by atoms with Crippen LogP contribution in [0.3, 0.4) is 0 Å². The molecule has 0 aliphatic carbocycles. The van der Waals surface area contributed by atoms with Gasteiger partial charge in [0.05, 0.1) is 12.5 Å². The predicted octanol–water partition coefficient (Wildman–Crippen LogP) is 12.4. The predicted molar refractivity (Wildman–Crippen MR) is 184 cm³/mol. The monoisotopic (exact) mass is 610 g/mol. The van der Waals surface area contributed by atoms with Gasteiger partial charge in [-0.2, -0.15) is 0 Å². The number of ether oxygens (including phenoxy) is 2. The van der Waals surface area contributed by atoms with Gasteiger partial charge in [-0.1, -0.05) is 187 Å². The van der Waals surface area contributed by atoms with E-state index in [0.29, 0.717) is 6.61 Å². The van der Waals surface area contributed by atoms with E-state index in [9.17, 15) is 9.59 Å². The SMILES string of the molecule is CCCCCCCCCCCCCCCCC(CCCCCCCCCN)C(=O)OC(=O)OCCCCCCCCCC. The molecule has 0 aromatic rings. The third-order valence-electron chi connectivity index (χ3n) is 8.90. The third-order valence-corrected chi connectivity index (χ3v) is 8.90. The van der Waals surface area contributed by atoms with Crippen molar-refractivity contribution in [3.8, 4) is 0 Å². The Bertz CT molecular complexity index is 582. The van der Waals surface area contributed by atoms with E-state index < -0.39 is 6.16 Å². The molecule has 0 heterocycles. The van der Waals surface area contributed by atoms with Gasteiger partial charge in [-0.05, 0) is 32.2 Å². The van der Waals surface area contributed by atoms with Crippen LogP contribution in [0.25, 0.3) is 0 Å². The molecule has 0 aromatic carbocycles. The van der Waals surface area contributed by atoms with Crippen LogP contribution in [0.15, 0.2) is 0 Å². The van der Waals surface area contributed by atoms with Gasteiger partial charge in [0.1, 0.15) is 0 Å². The fourth-order valence-corrected chi connectivity index (χ4v) is 5.97. The van der Waals surface area contributed by atoms with Crippen LogP contribution in [-0.2, 0) is 14.3 Å². The van der Waals surface area contributed by atoms with Gasteiger partial charge in [-0.3, -0.25) is 4.79 Å². The van der Waals surface area contributed by atoms with Crippen molar-refractivity contribution in [1.29, 1.82) is 0 Å². The van der Waals surface area contributed by atoms with Crippen LogP contribution in [0.2, 0.25) is 0 Å². The number of nitrogens with two attached hydrogens (primary N) is 1. The van der Waals surface area contributed by atoms with Crippen molar-refractivity contribution in [2.45, 2.75) is 213 Å². The first-order valence-corrected chi connectivity index (χ1v) is 19.2. The maximum atomic E-state index is 12.9. The Hall–Kier alpha value is -1.10. The molecule has 2 N–H and O–H groups in total. The molecule has 0 amide bonds. The van der Waals surface area contributed by atoms with E-state index in [1.54, 1.807) is 0 Å². The van der Waals surface area contributed by atoms with Crippen molar-refractivity contribution in [2.75, 3.05) is 13.2 Å². The molecular formula is C38H75NO4. The van der Waals surface area contributed by atoms with Crippen LogP contribution in [0, 0.1) is 5.92 Å². The van der Waals surface area contributed by atoms with Crippen LogP contribution in [-0.4, -0.2) is 25.3 Å². The van der Waals surface area contributed by atoms with Crippen LogP contribution in [0.4, 0.5) is 4.79 Å². The normalized spacial score (nSPS) is 12.0. The zero-order valence-electron chi connectivity index (χ0n) is 29.1. The molecule has 0 radical (unpaired) electrons. The summed E-state index contributed by atoms with van der Waals surface area (Å²) in [5, 5.41) is 0. The molecule has 0 spiro atoms. The Morgan fingerprint density at radius 3 is 1.16 bits per heavy atom. The molecule has 0 saturated heterocycles. The summed E-state index contributed by atoms with van der Waals surface area (Å²) in [6, 6.07) is 0. The summed E-state index contributed by atoms with van der Waals surface area (Å²) in [6.07, 6.45) is 37.0. The van der Waals surface area contributed by atoms with Crippen LogP contribution >= 0.6 is 0 Å². The molecule has 0 fully saturated rings. The molecule has 256 valence electrons. The summed E-state index contributed by atoms with van der Waals surface area (Å²) in [6.45, 7) is 5.64. The zero-order valence-corrected chi connectivity index (χ0v) is 29.1. The van der Waals surface area contributed by atoms with E-state index in [4.69, 9.17) is 15.2 Å². The molecular weight excluding hydrogens is 534 g/mol. The van der Waals surface area contributed by atoms with E-state index in [0.717, 1.165) is 64.3 Å². The molecule has 5 nitrogen and oxygen atoms in total. The van der Waals surface area contributed by atoms with Crippen molar-refractivity contribution < 1.29 is 19.1 Å². The van der Waals surface area contributed by atoms with E-state index in [2.05, 4.69) is 13.8 Å². The molecule has 1 unspecified atom stereocenters. The van der Waals surface area contributed by atoms with Gasteiger partial charge in [0.2, 0.25) is 0 Å². The average Bonchev–Trinajstić information content (AvgIpc) is 3.00. The van der Waals surface area contributed by atoms with E-state index in [-0.39, 0.29) is 11.9 Å². The Kier molecular flexibility index (Phi) is 34.5. The van der Waals surface area contributed by atoms with Crippen molar-refractivity contribution in [1.82, 2.24) is 0 Å². The van der Waals surface area contributed by atoms with Crippen molar-refractivity contribution in [3.63, 3.8) is 0 Å². The number of unbranched alkanes of at least 4 members (excludes halogenated alkanes) is 26. The minimum absolute atomic E-state index is 0.190. The summed E-state index contributed by atoms with van der Waals surface area (Å²) >= 11 is 0. The summed E-state index contributed by atoms with van der Waals surface area (Å²) in [5.41, 5.74) is 5.59. The molecule has 43 heavy (non-hydrogen) atoms. The topological polar surface area (TPSA) is 78.6 Å². The lowest BCUT2D eigenvalue weighted by Gasteiger charge is -2.15. The molecule has 0 aromatic heterocycles. The zero-order chi connectivity index (χ0) is 31.5. The lowest BCUT2D eigenvalue weighted by Crippen LogP contribution is -2.22. The highest BCUT2D eigenvalue weighted by atomic mass is 16.7. The van der Waals surface area contributed by atoms with E-state index >= 15 is 0 Å². The number of esters is 1. The lowest BCUT2D eigenvalue weighted by molar-refractivity contribution is -0.145. The third kappa shape index (κ3) is 32.1. The maximum absolute atomic E-state index is 12.9. The van der Waals surface area contributed by atoms with Crippen LogP contribution < -0.4 is 5.73 Å². The first kappa shape index (κ1) is 41.9. The second-order valence-corrected chi connectivity index (χ2v) is 13.1. The molecule has 5 heteroatoms. The number of carbonyl (C=O) groups is 2. The van der Waals surface area contributed by atoms with Crippen molar-refractivity contribution in [3.05, 3.63) is 0 Å². The summed E-state index contributed by atoms with van der Waals surface area (Å²) in [4.78, 5) is 25.1. The smallest absolute Gasteiger partial charge is 0.434 e. The Labute approximate surface area is 268 Å². The number of hydrogen-bond acceptors (Lipinski definition) is 5. The number of rotatable bonds is 34. The van der Waals surface area contributed by atoms with Gasteiger partial charge in [-0.15, -0.1) is 0 Å². The van der Waals surface area contributed by atoms with E-state index in [1.807, 2.05) is 0 Å². The largest absolute Gasteiger partial charge is 0.516 e. The first-order valence-electron chi connectivity index (χ1n) is 19.2. The van der Waals surface area contributed by atoms with Gasteiger partial charge >= 0.3 is 12.1 Å². The fraction of sp³-hybridized carbons (Fsp3) is 0.947. The lowest BCUT2D eigenvalue weighted by atomic mass is 9.94. The second kappa shape index (κ2) is 35.4. The molecule has 1 atom stereocenters. The van der Waals surface area contributed by atoms with Crippen molar-refractivity contribution in [2.24, 2.45) is 11.7 Å². The quantitative estimate of drug-likeness (QED) is 0.0446. The van der Waals surface area contributed by atoms with Gasteiger partial charge in [0.25, 0.3) is 0 Å². The minimum Gasteiger partial charge on any atom is -0.434 e. The van der Waals surface area contributed by atoms with Gasteiger partial charge in [0.15, 0.2) is 0 Å². The van der Waals surface area contributed by atoms with E-state index in [1.165, 1.54) is 141 Å². The molecule has 0 aliphatic heterocycles. The molecule has 0 bridgehead atoms. The maximum Gasteiger partial charge on any atom is 0.516 e. The fourth-order valence-electron chi connectivity index (χ4n) is 5.97. The number of carbonyl (C=O) groups excluding carboxylic acids is 2. The van der Waals surface area contributed by atoms with Crippen LogP contribution in [0.5, 0.6) is 0 Å². The second-order valence-electron chi connectivity index (χ2n) is 13.1. The highest BCUT2D eigenvalue weighted by molar-refractivity contribution is 5.83.